The van der Waals surface area contributed by atoms with Crippen molar-refractivity contribution in [2.45, 2.75) is 6.61 Å². The molecule has 0 aromatic heterocycles. The summed E-state index contributed by atoms with van der Waals surface area (Å²) in [5.41, 5.74) is 1.19. The van der Waals surface area contributed by atoms with Crippen LogP contribution in [0, 0.1) is 28.5 Å². The molecular weight excluding hydrogens is 353 g/mol. The largest absolute Gasteiger partial charge is 0.460 e. The zero-order chi connectivity index (χ0) is 18.8. The average molecular weight is 367 g/mol. The summed E-state index contributed by atoms with van der Waals surface area (Å²) in [6.07, 6.45) is 0. The SMILES string of the molecule is N#CC(C#N)=C(Nc1ccc(F)cc1)SCC(=O)OCc1ccccc1. The van der Waals surface area contributed by atoms with Crippen molar-refractivity contribution in [3.8, 4) is 12.1 Å². The van der Waals surface area contributed by atoms with Gasteiger partial charge in [0, 0.05) is 5.69 Å². The van der Waals surface area contributed by atoms with E-state index in [1.54, 1.807) is 12.1 Å². The highest BCUT2D eigenvalue weighted by atomic mass is 32.2. The maximum Gasteiger partial charge on any atom is 0.316 e. The van der Waals surface area contributed by atoms with Crippen LogP contribution in [0.3, 0.4) is 0 Å². The minimum Gasteiger partial charge on any atom is -0.460 e. The lowest BCUT2D eigenvalue weighted by Crippen LogP contribution is -2.09. The first-order valence-electron chi connectivity index (χ1n) is 7.52. The maximum absolute atomic E-state index is 13.0. The molecular formula is C19H14FN3O2S. The van der Waals surface area contributed by atoms with E-state index in [2.05, 4.69) is 5.32 Å². The third-order valence-electron chi connectivity index (χ3n) is 3.13. The van der Waals surface area contributed by atoms with Crippen molar-refractivity contribution in [1.82, 2.24) is 0 Å². The average Bonchev–Trinajstić information content (AvgIpc) is 2.67. The van der Waals surface area contributed by atoms with Gasteiger partial charge in [-0.25, -0.2) is 4.39 Å². The lowest BCUT2D eigenvalue weighted by atomic mass is 10.2. The molecule has 5 nitrogen and oxygen atoms in total. The molecule has 0 atom stereocenters. The Morgan fingerprint density at radius 2 is 1.73 bits per heavy atom. The number of allylic oxidation sites excluding steroid dienone is 1. The van der Waals surface area contributed by atoms with E-state index in [0.29, 0.717) is 5.69 Å². The van der Waals surface area contributed by atoms with E-state index in [-0.39, 0.29) is 23.0 Å². The van der Waals surface area contributed by atoms with E-state index in [4.69, 9.17) is 15.3 Å². The van der Waals surface area contributed by atoms with Crippen LogP contribution < -0.4 is 5.32 Å². The van der Waals surface area contributed by atoms with Crippen LogP contribution in [0.15, 0.2) is 65.2 Å². The Hall–Kier alpha value is -3.29. The van der Waals surface area contributed by atoms with Crippen LogP contribution >= 0.6 is 11.8 Å². The lowest BCUT2D eigenvalue weighted by Gasteiger charge is -2.11. The molecule has 0 radical (unpaired) electrons. The Labute approximate surface area is 154 Å². The van der Waals surface area contributed by atoms with Crippen LogP contribution in [0.5, 0.6) is 0 Å². The predicted octanol–water partition coefficient (Wildman–Crippen LogP) is 3.97. The van der Waals surface area contributed by atoms with E-state index < -0.39 is 11.8 Å². The van der Waals surface area contributed by atoms with Gasteiger partial charge in [0.1, 0.15) is 29.6 Å². The summed E-state index contributed by atoms with van der Waals surface area (Å²) in [7, 11) is 0. The quantitative estimate of drug-likeness (QED) is 0.589. The maximum atomic E-state index is 13.0. The molecule has 0 unspecified atom stereocenters. The molecule has 2 aromatic carbocycles. The Kier molecular flexibility index (Phi) is 7.23. The molecule has 0 bridgehead atoms. The highest BCUT2D eigenvalue weighted by molar-refractivity contribution is 8.03. The molecule has 2 aromatic rings. The molecule has 0 amide bonds. The summed E-state index contributed by atoms with van der Waals surface area (Å²) >= 11 is 0.976. The van der Waals surface area contributed by atoms with E-state index in [9.17, 15) is 9.18 Å². The van der Waals surface area contributed by atoms with E-state index >= 15 is 0 Å². The van der Waals surface area contributed by atoms with Crippen LogP contribution in [0.2, 0.25) is 0 Å². The number of halogens is 1. The fourth-order valence-electron chi connectivity index (χ4n) is 1.87. The van der Waals surface area contributed by atoms with Crippen LogP contribution in [0.1, 0.15) is 5.56 Å². The number of hydrogen-bond donors (Lipinski definition) is 1. The predicted molar refractivity (Wildman–Crippen MR) is 97.0 cm³/mol. The summed E-state index contributed by atoms with van der Waals surface area (Å²) in [5, 5.41) is 21.2. The first kappa shape index (κ1) is 19.0. The molecule has 2 rings (SSSR count). The van der Waals surface area contributed by atoms with Crippen molar-refractivity contribution in [2.24, 2.45) is 0 Å². The second kappa shape index (κ2) is 9.87. The molecule has 0 saturated heterocycles. The number of rotatable bonds is 7. The lowest BCUT2D eigenvalue weighted by molar-refractivity contribution is -0.141. The van der Waals surface area contributed by atoms with Crippen molar-refractivity contribution in [1.29, 1.82) is 10.5 Å². The van der Waals surface area contributed by atoms with Crippen LogP contribution in [-0.2, 0) is 16.1 Å². The number of nitriles is 2. The van der Waals surface area contributed by atoms with Gasteiger partial charge in [0.2, 0.25) is 0 Å². The summed E-state index contributed by atoms with van der Waals surface area (Å²) in [6.45, 7) is 0.147. The molecule has 0 fully saturated rings. The fourth-order valence-corrected chi connectivity index (χ4v) is 2.64. The fraction of sp³-hybridized carbons (Fsp3) is 0.105. The van der Waals surface area contributed by atoms with Crippen molar-refractivity contribution in [2.75, 3.05) is 11.1 Å². The summed E-state index contributed by atoms with van der Waals surface area (Å²) in [4.78, 5) is 11.9. The Balaban J connectivity index is 1.98. The smallest absolute Gasteiger partial charge is 0.316 e. The van der Waals surface area contributed by atoms with Crippen molar-refractivity contribution in [3.05, 3.63) is 76.6 Å². The molecule has 0 aliphatic rings. The topological polar surface area (TPSA) is 85.9 Å². The van der Waals surface area contributed by atoms with Gasteiger partial charge >= 0.3 is 5.97 Å². The van der Waals surface area contributed by atoms with Gasteiger partial charge < -0.3 is 10.1 Å². The number of anilines is 1. The molecule has 7 heteroatoms. The highest BCUT2D eigenvalue weighted by Crippen LogP contribution is 2.23. The number of ether oxygens (including phenoxy) is 1. The zero-order valence-electron chi connectivity index (χ0n) is 13.6. The van der Waals surface area contributed by atoms with Crippen molar-refractivity contribution >= 4 is 23.4 Å². The molecule has 0 saturated carbocycles. The van der Waals surface area contributed by atoms with Gasteiger partial charge in [-0.05, 0) is 29.8 Å². The molecule has 0 aliphatic carbocycles. The summed E-state index contributed by atoms with van der Waals surface area (Å²) in [5.74, 6) is -0.963. The van der Waals surface area contributed by atoms with Gasteiger partial charge in [0.05, 0.1) is 5.75 Å². The van der Waals surface area contributed by atoms with E-state index in [1.807, 2.05) is 30.3 Å². The minimum absolute atomic E-state index is 0.0801. The molecule has 26 heavy (non-hydrogen) atoms. The third kappa shape index (κ3) is 5.97. The van der Waals surface area contributed by atoms with Crippen molar-refractivity contribution < 1.29 is 13.9 Å². The van der Waals surface area contributed by atoms with E-state index in [0.717, 1.165) is 17.3 Å². The summed E-state index contributed by atoms with van der Waals surface area (Å²) in [6, 6.07) is 18.2. The second-order valence-corrected chi connectivity index (χ2v) is 5.98. The van der Waals surface area contributed by atoms with Gasteiger partial charge in [-0.2, -0.15) is 10.5 Å². The molecule has 0 heterocycles. The Morgan fingerprint density at radius 1 is 1.08 bits per heavy atom. The van der Waals surface area contributed by atoms with Gasteiger partial charge in [-0.3, -0.25) is 4.79 Å². The second-order valence-electron chi connectivity index (χ2n) is 4.99. The van der Waals surface area contributed by atoms with Crippen LogP contribution in [0.25, 0.3) is 0 Å². The standard InChI is InChI=1S/C19H14FN3O2S/c20-16-6-8-17(9-7-16)23-19(15(10-21)11-22)26-13-18(24)25-12-14-4-2-1-3-5-14/h1-9,23H,12-13H2. The van der Waals surface area contributed by atoms with E-state index in [1.165, 1.54) is 24.3 Å². The van der Waals surface area contributed by atoms with Crippen molar-refractivity contribution in [3.63, 3.8) is 0 Å². The van der Waals surface area contributed by atoms with Gasteiger partial charge in [-0.15, -0.1) is 0 Å². The monoisotopic (exact) mass is 367 g/mol. The highest BCUT2D eigenvalue weighted by Gasteiger charge is 2.12. The number of nitrogens with zero attached hydrogens (tertiary/aromatic N) is 2. The number of esters is 1. The number of nitrogens with one attached hydrogen (secondary N) is 1. The third-order valence-corrected chi connectivity index (χ3v) is 4.10. The van der Waals surface area contributed by atoms with Gasteiger partial charge in [0.15, 0.2) is 5.57 Å². The number of carbonyl (C=O) groups excluding carboxylic acids is 1. The number of benzene rings is 2. The molecule has 0 spiro atoms. The van der Waals surface area contributed by atoms with Crippen LogP contribution in [0.4, 0.5) is 10.1 Å². The molecule has 130 valence electrons. The van der Waals surface area contributed by atoms with Gasteiger partial charge in [0.25, 0.3) is 0 Å². The normalized spacial score (nSPS) is 9.50. The molecule has 1 N–H and O–H groups in total. The summed E-state index contributed by atoms with van der Waals surface area (Å²) < 4.78 is 18.1. The zero-order valence-corrected chi connectivity index (χ0v) is 14.4. The Morgan fingerprint density at radius 3 is 2.35 bits per heavy atom. The minimum atomic E-state index is -0.479. The number of thioether (sulfide) groups is 1. The first-order valence-corrected chi connectivity index (χ1v) is 8.50. The van der Waals surface area contributed by atoms with Gasteiger partial charge in [-0.1, -0.05) is 42.1 Å². The van der Waals surface area contributed by atoms with Crippen LogP contribution in [-0.4, -0.2) is 11.7 Å². The molecule has 0 aliphatic heterocycles. The number of hydrogen-bond acceptors (Lipinski definition) is 6. The first-order chi connectivity index (χ1) is 12.6. The Bertz CT molecular complexity index is 852. The number of carbonyl (C=O) groups is 1.